The molecule has 2 rings (SSSR count). The number of carbonyl (C=O) groups is 1. The summed E-state index contributed by atoms with van der Waals surface area (Å²) in [6.07, 6.45) is 2.58. The first kappa shape index (κ1) is 17.7. The molecule has 0 bridgehead atoms. The smallest absolute Gasteiger partial charge is 0.330 e. The Labute approximate surface area is 143 Å². The lowest BCUT2D eigenvalue weighted by Crippen LogP contribution is -1.96. The molecule has 0 aliphatic carbocycles. The molecular weight excluding hydrogens is 324 g/mol. The molecule has 2 aromatic carbocycles. The number of esters is 1. The fraction of sp³-hybridized carbons (Fsp3) is 0.111. The molecule has 0 amide bonds. The van der Waals surface area contributed by atoms with E-state index in [-0.39, 0.29) is 11.4 Å². The van der Waals surface area contributed by atoms with Gasteiger partial charge in [-0.3, -0.25) is 10.1 Å². The van der Waals surface area contributed by atoms with Gasteiger partial charge in [0.1, 0.15) is 5.75 Å². The van der Waals surface area contributed by atoms with Crippen molar-refractivity contribution in [1.29, 1.82) is 5.26 Å². The van der Waals surface area contributed by atoms with Gasteiger partial charge in [-0.15, -0.1) is 0 Å². The number of aryl methyl sites for hydroxylation is 1. The molecule has 0 atom stereocenters. The molecule has 0 unspecified atom stereocenters. The lowest BCUT2D eigenvalue weighted by atomic mass is 10.1. The topological polar surface area (TPSA) is 102 Å². The summed E-state index contributed by atoms with van der Waals surface area (Å²) in [5.74, 6) is -0.0795. The van der Waals surface area contributed by atoms with E-state index in [1.807, 2.05) is 6.07 Å². The Hall–Kier alpha value is -3.66. The minimum Gasteiger partial charge on any atom is -0.466 e. The number of benzene rings is 2. The van der Waals surface area contributed by atoms with Crippen LogP contribution < -0.4 is 4.74 Å². The van der Waals surface area contributed by atoms with E-state index in [4.69, 9.17) is 10.00 Å². The minimum absolute atomic E-state index is 0.0630. The molecule has 0 N–H and O–H groups in total. The van der Waals surface area contributed by atoms with Crippen LogP contribution in [0.4, 0.5) is 5.69 Å². The van der Waals surface area contributed by atoms with Gasteiger partial charge in [-0.05, 0) is 48.4 Å². The third kappa shape index (κ3) is 4.42. The Bertz CT molecular complexity index is 897. The molecule has 0 saturated heterocycles. The molecule has 0 radical (unpaired) electrons. The van der Waals surface area contributed by atoms with Gasteiger partial charge in [0, 0.05) is 12.1 Å². The Morgan fingerprint density at radius 2 is 1.96 bits per heavy atom. The number of hydrogen-bond donors (Lipinski definition) is 0. The van der Waals surface area contributed by atoms with E-state index in [9.17, 15) is 14.9 Å². The van der Waals surface area contributed by atoms with Crippen LogP contribution in [0.2, 0.25) is 0 Å². The predicted octanol–water partition coefficient (Wildman–Crippen LogP) is 3.75. The average Bonchev–Trinajstić information content (AvgIpc) is 2.61. The lowest BCUT2D eigenvalue weighted by molar-refractivity contribution is -0.385. The summed E-state index contributed by atoms with van der Waals surface area (Å²) in [7, 11) is 1.24. The maximum Gasteiger partial charge on any atom is 0.330 e. The molecular formula is C18H14N2O5. The van der Waals surface area contributed by atoms with Crippen molar-refractivity contribution in [1.82, 2.24) is 0 Å². The lowest BCUT2D eigenvalue weighted by Gasteiger charge is -2.09. The molecule has 126 valence electrons. The average molecular weight is 338 g/mol. The first-order valence-electron chi connectivity index (χ1n) is 7.17. The fourth-order valence-electron chi connectivity index (χ4n) is 2.05. The predicted molar refractivity (Wildman–Crippen MR) is 90.1 cm³/mol. The van der Waals surface area contributed by atoms with E-state index in [1.165, 1.54) is 31.4 Å². The summed E-state index contributed by atoms with van der Waals surface area (Å²) < 4.78 is 10.1. The number of carbonyl (C=O) groups excluding carboxylic acids is 1. The molecule has 0 spiro atoms. The number of nitrogens with zero attached hydrogens (tertiary/aromatic N) is 2. The maximum atomic E-state index is 11.3. The number of hydrogen-bond acceptors (Lipinski definition) is 6. The third-order valence-corrected chi connectivity index (χ3v) is 3.32. The quantitative estimate of drug-likeness (QED) is 0.356. The van der Waals surface area contributed by atoms with Crippen LogP contribution in [-0.2, 0) is 9.53 Å². The molecule has 0 saturated carbocycles. The van der Waals surface area contributed by atoms with E-state index in [0.717, 1.165) is 0 Å². The zero-order valence-corrected chi connectivity index (χ0v) is 13.6. The zero-order chi connectivity index (χ0) is 18.4. The number of ether oxygens (including phenoxy) is 2. The van der Waals surface area contributed by atoms with Crippen LogP contribution in [0.25, 0.3) is 6.08 Å². The van der Waals surface area contributed by atoms with Gasteiger partial charge >= 0.3 is 11.7 Å². The summed E-state index contributed by atoms with van der Waals surface area (Å²) in [5.41, 5.74) is 1.38. The van der Waals surface area contributed by atoms with E-state index in [0.29, 0.717) is 22.4 Å². The van der Waals surface area contributed by atoms with Crippen LogP contribution in [0.1, 0.15) is 16.7 Å². The number of methoxy groups -OCH3 is 1. The van der Waals surface area contributed by atoms with Crippen LogP contribution in [0, 0.1) is 28.4 Å². The summed E-state index contributed by atoms with van der Waals surface area (Å²) in [6.45, 7) is 1.75. The van der Waals surface area contributed by atoms with Crippen LogP contribution in [0.5, 0.6) is 11.5 Å². The largest absolute Gasteiger partial charge is 0.466 e. The van der Waals surface area contributed by atoms with Gasteiger partial charge in [-0.25, -0.2) is 4.79 Å². The van der Waals surface area contributed by atoms with Gasteiger partial charge in [0.2, 0.25) is 5.75 Å². The van der Waals surface area contributed by atoms with Crippen molar-refractivity contribution in [3.05, 3.63) is 69.3 Å². The highest BCUT2D eigenvalue weighted by Crippen LogP contribution is 2.34. The van der Waals surface area contributed by atoms with Crippen molar-refractivity contribution >= 4 is 17.7 Å². The molecule has 0 fully saturated rings. The van der Waals surface area contributed by atoms with Crippen molar-refractivity contribution in [3.8, 4) is 17.6 Å². The van der Waals surface area contributed by atoms with Crippen LogP contribution in [0.15, 0.2) is 42.5 Å². The van der Waals surface area contributed by atoms with Gasteiger partial charge in [-0.2, -0.15) is 5.26 Å². The van der Waals surface area contributed by atoms with Crippen LogP contribution >= 0.6 is 0 Å². The Balaban J connectivity index is 2.35. The molecule has 2 aromatic rings. The highest BCUT2D eigenvalue weighted by molar-refractivity contribution is 5.87. The van der Waals surface area contributed by atoms with E-state index in [2.05, 4.69) is 4.74 Å². The highest BCUT2D eigenvalue weighted by atomic mass is 16.6. The van der Waals surface area contributed by atoms with Gasteiger partial charge in [-0.1, -0.05) is 6.07 Å². The summed E-state index contributed by atoms with van der Waals surface area (Å²) in [5, 5.41) is 20.2. The van der Waals surface area contributed by atoms with Crippen molar-refractivity contribution in [2.24, 2.45) is 0 Å². The Morgan fingerprint density at radius 3 is 2.56 bits per heavy atom. The number of nitro groups is 1. The number of nitro benzene ring substituents is 1. The minimum atomic E-state index is -0.566. The van der Waals surface area contributed by atoms with Crippen molar-refractivity contribution in [2.45, 2.75) is 6.92 Å². The van der Waals surface area contributed by atoms with Crippen molar-refractivity contribution < 1.29 is 19.2 Å². The van der Waals surface area contributed by atoms with Crippen molar-refractivity contribution in [2.75, 3.05) is 7.11 Å². The van der Waals surface area contributed by atoms with Crippen LogP contribution in [-0.4, -0.2) is 18.0 Å². The normalized spacial score (nSPS) is 10.3. The Kier molecular flexibility index (Phi) is 5.48. The number of rotatable bonds is 5. The maximum absolute atomic E-state index is 11.3. The second-order valence-electron chi connectivity index (χ2n) is 5.03. The fourth-order valence-corrected chi connectivity index (χ4v) is 2.05. The molecule has 25 heavy (non-hydrogen) atoms. The Morgan fingerprint density at radius 1 is 1.24 bits per heavy atom. The molecule has 0 heterocycles. The van der Waals surface area contributed by atoms with E-state index in [1.54, 1.807) is 31.2 Å². The summed E-state index contributed by atoms with van der Waals surface area (Å²) in [4.78, 5) is 21.9. The molecule has 0 aliphatic heterocycles. The number of nitriles is 1. The molecule has 7 nitrogen and oxygen atoms in total. The standard InChI is InChI=1S/C18H14N2O5/c1-12-9-14(11-19)4-6-16(12)25-17-7-3-13(5-8-18(21)24-2)10-15(17)20(22)23/h3-10H,1-2H3/b8-5-. The third-order valence-electron chi connectivity index (χ3n) is 3.32. The van der Waals surface area contributed by atoms with E-state index >= 15 is 0 Å². The van der Waals surface area contributed by atoms with Gasteiger partial charge in [0.25, 0.3) is 0 Å². The van der Waals surface area contributed by atoms with E-state index < -0.39 is 10.9 Å². The SMILES string of the molecule is COC(=O)/C=C\c1ccc(Oc2ccc(C#N)cc2C)c([N+](=O)[O-])c1. The summed E-state index contributed by atoms with van der Waals surface area (Å²) >= 11 is 0. The van der Waals surface area contributed by atoms with Crippen molar-refractivity contribution in [3.63, 3.8) is 0 Å². The molecule has 7 heteroatoms. The molecule has 0 aromatic heterocycles. The van der Waals surface area contributed by atoms with Gasteiger partial charge in [0.15, 0.2) is 0 Å². The first-order valence-corrected chi connectivity index (χ1v) is 7.17. The van der Waals surface area contributed by atoms with Gasteiger partial charge in [0.05, 0.1) is 23.7 Å². The second kappa shape index (κ2) is 7.75. The first-order chi connectivity index (χ1) is 11.9. The zero-order valence-electron chi connectivity index (χ0n) is 13.6. The van der Waals surface area contributed by atoms with Crippen LogP contribution in [0.3, 0.4) is 0 Å². The van der Waals surface area contributed by atoms with Gasteiger partial charge < -0.3 is 9.47 Å². The highest BCUT2D eigenvalue weighted by Gasteiger charge is 2.17. The monoisotopic (exact) mass is 338 g/mol. The second-order valence-corrected chi connectivity index (χ2v) is 5.03. The summed E-state index contributed by atoms with van der Waals surface area (Å²) in [6, 6.07) is 11.1. The molecule has 0 aliphatic rings.